The number of hydrogen-bond acceptors (Lipinski definition) is 2. The van der Waals surface area contributed by atoms with Crippen LogP contribution in [-0.4, -0.2) is 6.04 Å². The Balaban J connectivity index is 2.55. The summed E-state index contributed by atoms with van der Waals surface area (Å²) in [5.41, 5.74) is 1.27. The van der Waals surface area contributed by atoms with Crippen molar-refractivity contribution in [3.63, 3.8) is 0 Å². The number of benzene rings is 1. The van der Waals surface area contributed by atoms with Gasteiger partial charge in [-0.25, -0.2) is 0 Å². The van der Waals surface area contributed by atoms with Gasteiger partial charge in [-0.05, 0) is 18.9 Å². The molecule has 0 radical (unpaired) electrons. The molecule has 0 aliphatic carbocycles. The third-order valence-corrected chi connectivity index (χ3v) is 2.62. The molecule has 1 aromatic carbocycles. The summed E-state index contributed by atoms with van der Waals surface area (Å²) in [5, 5.41) is 12.1. The maximum Gasteiger partial charge on any atom is 0.0638 e. The summed E-state index contributed by atoms with van der Waals surface area (Å²) >= 11 is 0. The van der Waals surface area contributed by atoms with Crippen LogP contribution in [0, 0.1) is 11.3 Å². The first-order valence-electron chi connectivity index (χ1n) is 5.45. The summed E-state index contributed by atoms with van der Waals surface area (Å²) in [6.07, 6.45) is 1.57. The quantitative estimate of drug-likeness (QED) is 0.796. The van der Waals surface area contributed by atoms with E-state index in [0.717, 1.165) is 6.42 Å². The topological polar surface area (TPSA) is 35.8 Å². The predicted octanol–water partition coefficient (Wildman–Crippen LogP) is 3.03. The van der Waals surface area contributed by atoms with Gasteiger partial charge in [0, 0.05) is 12.1 Å². The molecule has 0 saturated carbocycles. The van der Waals surface area contributed by atoms with E-state index in [1.807, 2.05) is 18.2 Å². The van der Waals surface area contributed by atoms with Crippen molar-refractivity contribution >= 4 is 0 Å². The van der Waals surface area contributed by atoms with Gasteiger partial charge in [0.15, 0.2) is 0 Å². The Morgan fingerprint density at radius 3 is 2.53 bits per heavy atom. The van der Waals surface area contributed by atoms with Gasteiger partial charge >= 0.3 is 0 Å². The summed E-state index contributed by atoms with van der Waals surface area (Å²) in [7, 11) is 0. The van der Waals surface area contributed by atoms with Crippen molar-refractivity contribution < 1.29 is 0 Å². The molecular formula is C13H18N2. The van der Waals surface area contributed by atoms with Crippen molar-refractivity contribution in [1.29, 1.82) is 5.26 Å². The zero-order valence-corrected chi connectivity index (χ0v) is 9.40. The SMILES string of the molecule is CCC(CC#N)NC(C)c1ccccc1. The Morgan fingerprint density at radius 1 is 1.33 bits per heavy atom. The molecule has 2 atom stereocenters. The van der Waals surface area contributed by atoms with Gasteiger partial charge in [-0.2, -0.15) is 5.26 Å². The minimum Gasteiger partial charge on any atom is -0.306 e. The fourth-order valence-electron chi connectivity index (χ4n) is 1.62. The number of nitrogens with zero attached hydrogens (tertiary/aromatic N) is 1. The zero-order valence-electron chi connectivity index (χ0n) is 9.40. The molecular weight excluding hydrogens is 184 g/mol. The summed E-state index contributed by atoms with van der Waals surface area (Å²) in [6, 6.07) is 13.1. The summed E-state index contributed by atoms with van der Waals surface area (Å²) in [5.74, 6) is 0. The van der Waals surface area contributed by atoms with E-state index >= 15 is 0 Å². The van der Waals surface area contributed by atoms with Crippen LogP contribution in [0.3, 0.4) is 0 Å². The number of nitrogens with one attached hydrogen (secondary N) is 1. The maximum absolute atomic E-state index is 8.66. The largest absolute Gasteiger partial charge is 0.306 e. The van der Waals surface area contributed by atoms with Crippen LogP contribution in [0.5, 0.6) is 0 Å². The lowest BCUT2D eigenvalue weighted by molar-refractivity contribution is 0.448. The van der Waals surface area contributed by atoms with Crippen LogP contribution in [0.1, 0.15) is 38.3 Å². The molecule has 2 unspecified atom stereocenters. The Labute approximate surface area is 91.9 Å². The molecule has 15 heavy (non-hydrogen) atoms. The highest BCUT2D eigenvalue weighted by Crippen LogP contribution is 2.13. The van der Waals surface area contributed by atoms with Crippen molar-refractivity contribution in [3.05, 3.63) is 35.9 Å². The van der Waals surface area contributed by atoms with E-state index in [9.17, 15) is 0 Å². The zero-order chi connectivity index (χ0) is 11.1. The van der Waals surface area contributed by atoms with Crippen LogP contribution in [0.2, 0.25) is 0 Å². The first-order valence-corrected chi connectivity index (χ1v) is 5.45. The van der Waals surface area contributed by atoms with Crippen molar-refractivity contribution in [2.45, 2.75) is 38.8 Å². The molecule has 1 N–H and O–H groups in total. The predicted molar refractivity (Wildman–Crippen MR) is 62.3 cm³/mol. The van der Waals surface area contributed by atoms with Gasteiger partial charge < -0.3 is 5.32 Å². The van der Waals surface area contributed by atoms with Gasteiger partial charge in [0.2, 0.25) is 0 Å². The molecule has 0 saturated heterocycles. The highest BCUT2D eigenvalue weighted by Gasteiger charge is 2.10. The van der Waals surface area contributed by atoms with Crippen molar-refractivity contribution in [2.24, 2.45) is 0 Å². The molecule has 0 aliphatic heterocycles. The molecule has 2 heteroatoms. The highest BCUT2D eigenvalue weighted by molar-refractivity contribution is 5.18. The van der Waals surface area contributed by atoms with Crippen LogP contribution >= 0.6 is 0 Å². The normalized spacial score (nSPS) is 14.2. The van der Waals surface area contributed by atoms with Gasteiger partial charge in [0.25, 0.3) is 0 Å². The second kappa shape index (κ2) is 6.21. The molecule has 0 aromatic heterocycles. The lowest BCUT2D eigenvalue weighted by Gasteiger charge is -2.20. The lowest BCUT2D eigenvalue weighted by Crippen LogP contribution is -2.30. The Bertz CT molecular complexity index is 313. The number of rotatable bonds is 5. The molecule has 0 amide bonds. The van der Waals surface area contributed by atoms with Crippen LogP contribution in [0.15, 0.2) is 30.3 Å². The van der Waals surface area contributed by atoms with Gasteiger partial charge in [0.05, 0.1) is 12.5 Å². The van der Waals surface area contributed by atoms with Crippen LogP contribution in [-0.2, 0) is 0 Å². The van der Waals surface area contributed by atoms with Crippen LogP contribution < -0.4 is 5.32 Å². The fourth-order valence-corrected chi connectivity index (χ4v) is 1.62. The van der Waals surface area contributed by atoms with Gasteiger partial charge in [-0.3, -0.25) is 0 Å². The molecule has 0 heterocycles. The molecule has 0 spiro atoms. The Morgan fingerprint density at radius 2 is 2.00 bits per heavy atom. The van der Waals surface area contributed by atoms with E-state index in [4.69, 9.17) is 5.26 Å². The average molecular weight is 202 g/mol. The Kier molecular flexibility index (Phi) is 4.86. The smallest absolute Gasteiger partial charge is 0.0638 e. The molecule has 1 aromatic rings. The van der Waals surface area contributed by atoms with E-state index in [1.54, 1.807) is 0 Å². The lowest BCUT2D eigenvalue weighted by atomic mass is 10.1. The maximum atomic E-state index is 8.66. The summed E-state index contributed by atoms with van der Waals surface area (Å²) in [4.78, 5) is 0. The molecule has 2 nitrogen and oxygen atoms in total. The summed E-state index contributed by atoms with van der Waals surface area (Å²) in [6.45, 7) is 4.24. The number of hydrogen-bond donors (Lipinski definition) is 1. The van der Waals surface area contributed by atoms with E-state index in [-0.39, 0.29) is 0 Å². The van der Waals surface area contributed by atoms with E-state index < -0.39 is 0 Å². The highest BCUT2D eigenvalue weighted by atomic mass is 14.9. The summed E-state index contributed by atoms with van der Waals surface area (Å²) < 4.78 is 0. The van der Waals surface area contributed by atoms with Crippen molar-refractivity contribution in [2.75, 3.05) is 0 Å². The Hall–Kier alpha value is -1.33. The minimum atomic E-state index is 0.296. The standard InChI is InChI=1S/C13H18N2/c1-3-13(9-10-14)15-11(2)12-7-5-4-6-8-12/h4-8,11,13,15H,3,9H2,1-2H3. The second-order valence-corrected chi connectivity index (χ2v) is 3.77. The average Bonchev–Trinajstić information content (AvgIpc) is 2.29. The van der Waals surface area contributed by atoms with E-state index in [2.05, 4.69) is 37.4 Å². The molecule has 1 rings (SSSR count). The molecule has 80 valence electrons. The van der Waals surface area contributed by atoms with Crippen LogP contribution in [0.4, 0.5) is 0 Å². The van der Waals surface area contributed by atoms with E-state index in [1.165, 1.54) is 5.56 Å². The van der Waals surface area contributed by atoms with Gasteiger partial charge in [0.1, 0.15) is 0 Å². The fraction of sp³-hybridized carbons (Fsp3) is 0.462. The monoisotopic (exact) mass is 202 g/mol. The third kappa shape index (κ3) is 3.73. The first-order chi connectivity index (χ1) is 7.27. The van der Waals surface area contributed by atoms with Gasteiger partial charge in [-0.1, -0.05) is 37.3 Å². The van der Waals surface area contributed by atoms with Gasteiger partial charge in [-0.15, -0.1) is 0 Å². The molecule has 0 fully saturated rings. The van der Waals surface area contributed by atoms with Crippen molar-refractivity contribution in [3.8, 4) is 6.07 Å². The second-order valence-electron chi connectivity index (χ2n) is 3.77. The molecule has 0 aliphatic rings. The van der Waals surface area contributed by atoms with Crippen molar-refractivity contribution in [1.82, 2.24) is 5.32 Å². The third-order valence-electron chi connectivity index (χ3n) is 2.62. The minimum absolute atomic E-state index is 0.296. The van der Waals surface area contributed by atoms with Crippen LogP contribution in [0.25, 0.3) is 0 Å². The first kappa shape index (κ1) is 11.7. The number of nitriles is 1. The van der Waals surface area contributed by atoms with E-state index in [0.29, 0.717) is 18.5 Å². The molecule has 0 bridgehead atoms.